The highest BCUT2D eigenvalue weighted by Crippen LogP contribution is 2.25. The van der Waals surface area contributed by atoms with E-state index in [0.29, 0.717) is 12.2 Å². The maximum absolute atomic E-state index is 12.1. The van der Waals surface area contributed by atoms with Crippen LogP contribution in [-0.4, -0.2) is 12.4 Å². The summed E-state index contributed by atoms with van der Waals surface area (Å²) in [6, 6.07) is 7.25. The van der Waals surface area contributed by atoms with Gasteiger partial charge in [-0.15, -0.1) is 0 Å². The minimum absolute atomic E-state index is 0.0289. The van der Waals surface area contributed by atoms with Gasteiger partial charge in [0.25, 0.3) is 0 Å². The predicted octanol–water partition coefficient (Wildman–Crippen LogP) is 4.14. The summed E-state index contributed by atoms with van der Waals surface area (Å²) >= 11 is 4.92. The summed E-state index contributed by atoms with van der Waals surface area (Å²) in [4.78, 5) is 12.1. The van der Waals surface area contributed by atoms with Crippen molar-refractivity contribution in [1.82, 2.24) is 0 Å². The van der Waals surface area contributed by atoms with Gasteiger partial charge in [-0.3, -0.25) is 4.79 Å². The van der Waals surface area contributed by atoms with E-state index < -0.39 is 0 Å². The van der Waals surface area contributed by atoms with Crippen molar-refractivity contribution in [2.75, 3.05) is 6.61 Å². The van der Waals surface area contributed by atoms with E-state index in [1.165, 1.54) is 11.3 Å². The molecule has 0 bridgehead atoms. The molecule has 0 aliphatic rings. The fourth-order valence-electron chi connectivity index (χ4n) is 1.49. The van der Waals surface area contributed by atoms with Crippen LogP contribution in [-0.2, 0) is 0 Å². The standard InChI is InChI=1S/C13H11BrO2S/c1-2-16-10-3-4-11(12(14)7-10)13(15)9-5-6-17-8-9/h3-8H,2H2,1H3. The molecule has 0 atom stereocenters. The largest absolute Gasteiger partial charge is 0.494 e. The molecule has 0 radical (unpaired) electrons. The summed E-state index contributed by atoms with van der Waals surface area (Å²) in [6.45, 7) is 2.54. The van der Waals surface area contributed by atoms with Crippen LogP contribution in [0.1, 0.15) is 22.8 Å². The Kier molecular flexibility index (Phi) is 3.97. The summed E-state index contributed by atoms with van der Waals surface area (Å²) in [5, 5.41) is 3.75. The molecule has 0 saturated heterocycles. The smallest absolute Gasteiger partial charge is 0.194 e. The van der Waals surface area contributed by atoms with E-state index in [-0.39, 0.29) is 5.78 Å². The molecule has 1 aromatic heterocycles. The number of carbonyl (C=O) groups excluding carboxylic acids is 1. The quantitative estimate of drug-likeness (QED) is 0.793. The van der Waals surface area contributed by atoms with Gasteiger partial charge >= 0.3 is 0 Å². The molecule has 0 aliphatic carbocycles. The zero-order valence-corrected chi connectivity index (χ0v) is 11.7. The maximum Gasteiger partial charge on any atom is 0.194 e. The first kappa shape index (κ1) is 12.3. The number of rotatable bonds is 4. The van der Waals surface area contributed by atoms with Gasteiger partial charge in [-0.1, -0.05) is 0 Å². The van der Waals surface area contributed by atoms with Crippen LogP contribution in [0.25, 0.3) is 0 Å². The number of hydrogen-bond donors (Lipinski definition) is 0. The van der Waals surface area contributed by atoms with Gasteiger partial charge in [-0.25, -0.2) is 0 Å². The Morgan fingerprint density at radius 3 is 2.82 bits per heavy atom. The van der Waals surface area contributed by atoms with Crippen molar-refractivity contribution < 1.29 is 9.53 Å². The summed E-state index contributed by atoms with van der Waals surface area (Å²) in [5.41, 5.74) is 1.38. The second-order valence-electron chi connectivity index (χ2n) is 3.42. The molecule has 88 valence electrons. The van der Waals surface area contributed by atoms with Gasteiger partial charge in [0.2, 0.25) is 0 Å². The first-order valence-corrected chi connectivity index (χ1v) is 6.95. The third-order valence-corrected chi connectivity index (χ3v) is 3.62. The van der Waals surface area contributed by atoms with Gasteiger partial charge in [0, 0.05) is 21.0 Å². The summed E-state index contributed by atoms with van der Waals surface area (Å²) in [5.74, 6) is 0.794. The van der Waals surface area contributed by atoms with Crippen LogP contribution < -0.4 is 4.74 Å². The molecule has 0 fully saturated rings. The minimum Gasteiger partial charge on any atom is -0.494 e. The van der Waals surface area contributed by atoms with Gasteiger partial charge < -0.3 is 4.74 Å². The molecule has 4 heteroatoms. The lowest BCUT2D eigenvalue weighted by Gasteiger charge is -2.06. The van der Waals surface area contributed by atoms with Crippen molar-refractivity contribution in [1.29, 1.82) is 0 Å². The summed E-state index contributed by atoms with van der Waals surface area (Å²) in [6.07, 6.45) is 0. The fraction of sp³-hybridized carbons (Fsp3) is 0.154. The summed E-state index contributed by atoms with van der Waals surface area (Å²) < 4.78 is 6.14. The van der Waals surface area contributed by atoms with Crippen LogP contribution in [0.4, 0.5) is 0 Å². The molecule has 0 unspecified atom stereocenters. The third kappa shape index (κ3) is 2.76. The molecule has 0 spiro atoms. The molecular weight excluding hydrogens is 300 g/mol. The van der Waals surface area contributed by atoms with Gasteiger partial charge in [0.15, 0.2) is 5.78 Å². The number of benzene rings is 1. The predicted molar refractivity (Wildman–Crippen MR) is 73.1 cm³/mol. The van der Waals surface area contributed by atoms with Gasteiger partial charge in [-0.2, -0.15) is 11.3 Å². The molecule has 0 aliphatic heterocycles. The van der Waals surface area contributed by atoms with Crippen molar-refractivity contribution in [3.63, 3.8) is 0 Å². The normalized spacial score (nSPS) is 10.2. The van der Waals surface area contributed by atoms with E-state index in [9.17, 15) is 4.79 Å². The molecule has 2 aromatic rings. The van der Waals surface area contributed by atoms with Crippen molar-refractivity contribution in [3.05, 3.63) is 50.6 Å². The topological polar surface area (TPSA) is 26.3 Å². The molecule has 1 aromatic carbocycles. The SMILES string of the molecule is CCOc1ccc(C(=O)c2ccsc2)c(Br)c1. The Morgan fingerprint density at radius 2 is 2.24 bits per heavy atom. The van der Waals surface area contributed by atoms with E-state index >= 15 is 0 Å². The van der Waals surface area contributed by atoms with E-state index in [0.717, 1.165) is 15.8 Å². The average Bonchev–Trinajstić information content (AvgIpc) is 2.82. The van der Waals surface area contributed by atoms with Crippen LogP contribution in [0, 0.1) is 0 Å². The molecule has 1 heterocycles. The second-order valence-corrected chi connectivity index (χ2v) is 5.05. The summed E-state index contributed by atoms with van der Waals surface area (Å²) in [7, 11) is 0. The number of ketones is 1. The van der Waals surface area contributed by atoms with Crippen LogP contribution in [0.3, 0.4) is 0 Å². The van der Waals surface area contributed by atoms with Crippen LogP contribution in [0.5, 0.6) is 5.75 Å². The molecule has 2 rings (SSSR count). The zero-order valence-electron chi connectivity index (χ0n) is 9.27. The van der Waals surface area contributed by atoms with E-state index in [2.05, 4.69) is 15.9 Å². The second kappa shape index (κ2) is 5.47. The van der Waals surface area contributed by atoms with E-state index in [1.807, 2.05) is 35.9 Å². The minimum atomic E-state index is 0.0289. The van der Waals surface area contributed by atoms with Crippen LogP contribution in [0.15, 0.2) is 39.5 Å². The number of thiophene rings is 1. The first-order chi connectivity index (χ1) is 8.22. The maximum atomic E-state index is 12.1. The fourth-order valence-corrected chi connectivity index (χ4v) is 2.66. The third-order valence-electron chi connectivity index (χ3n) is 2.28. The Labute approximate surface area is 112 Å². The molecule has 0 amide bonds. The lowest BCUT2D eigenvalue weighted by Crippen LogP contribution is -2.01. The van der Waals surface area contributed by atoms with Gasteiger partial charge in [-0.05, 0) is 52.5 Å². The average molecular weight is 311 g/mol. The highest BCUT2D eigenvalue weighted by Gasteiger charge is 2.13. The number of ether oxygens (including phenoxy) is 1. The van der Waals surface area contributed by atoms with Crippen LogP contribution in [0.2, 0.25) is 0 Å². The van der Waals surface area contributed by atoms with E-state index in [4.69, 9.17) is 4.74 Å². The number of carbonyl (C=O) groups is 1. The Morgan fingerprint density at radius 1 is 1.41 bits per heavy atom. The Hall–Kier alpha value is -1.13. The number of halogens is 1. The monoisotopic (exact) mass is 310 g/mol. The molecule has 2 nitrogen and oxygen atoms in total. The molecule has 0 saturated carbocycles. The lowest BCUT2D eigenvalue weighted by atomic mass is 10.1. The Balaban J connectivity index is 2.31. The highest BCUT2D eigenvalue weighted by atomic mass is 79.9. The molecule has 0 N–H and O–H groups in total. The van der Waals surface area contributed by atoms with Crippen molar-refractivity contribution >= 4 is 33.0 Å². The van der Waals surface area contributed by atoms with Gasteiger partial charge in [0.1, 0.15) is 5.75 Å². The van der Waals surface area contributed by atoms with Crippen LogP contribution >= 0.6 is 27.3 Å². The van der Waals surface area contributed by atoms with E-state index in [1.54, 1.807) is 6.07 Å². The first-order valence-electron chi connectivity index (χ1n) is 5.21. The zero-order chi connectivity index (χ0) is 12.3. The number of hydrogen-bond acceptors (Lipinski definition) is 3. The molecular formula is C13H11BrO2S. The van der Waals surface area contributed by atoms with Crippen molar-refractivity contribution in [3.8, 4) is 5.75 Å². The lowest BCUT2D eigenvalue weighted by molar-refractivity contribution is 0.103. The van der Waals surface area contributed by atoms with Crippen molar-refractivity contribution in [2.24, 2.45) is 0 Å². The van der Waals surface area contributed by atoms with Gasteiger partial charge in [0.05, 0.1) is 6.61 Å². The highest BCUT2D eigenvalue weighted by molar-refractivity contribution is 9.10. The Bertz CT molecular complexity index is 520. The molecule has 17 heavy (non-hydrogen) atoms. The van der Waals surface area contributed by atoms with Crippen molar-refractivity contribution in [2.45, 2.75) is 6.92 Å².